The lowest BCUT2D eigenvalue weighted by atomic mass is 9.73. The van der Waals surface area contributed by atoms with E-state index >= 15 is 0 Å². The molecule has 0 radical (unpaired) electrons. The Labute approximate surface area is 188 Å². The van der Waals surface area contributed by atoms with Crippen LogP contribution < -0.4 is 0 Å². The van der Waals surface area contributed by atoms with Gasteiger partial charge in [-0.25, -0.2) is 8.78 Å². The molecule has 0 spiro atoms. The predicted molar refractivity (Wildman–Crippen MR) is 124 cm³/mol. The lowest BCUT2D eigenvalue weighted by Gasteiger charge is -2.32. The second kappa shape index (κ2) is 12.6. The Bertz CT molecular complexity index is 706. The molecule has 3 heteroatoms. The van der Waals surface area contributed by atoms with Crippen LogP contribution in [0, 0.1) is 40.7 Å². The largest absolute Gasteiger partial charge is 0.203 e. The van der Waals surface area contributed by atoms with Crippen molar-refractivity contribution in [2.75, 3.05) is 0 Å². The molecule has 2 aliphatic rings. The van der Waals surface area contributed by atoms with Gasteiger partial charge >= 0.3 is 0 Å². The fourth-order valence-electron chi connectivity index (χ4n) is 6.04. The van der Waals surface area contributed by atoms with Crippen molar-refractivity contribution in [2.24, 2.45) is 17.8 Å². The molecule has 0 N–H and O–H groups in total. The van der Waals surface area contributed by atoms with E-state index in [0.717, 1.165) is 43.4 Å². The van der Waals surface area contributed by atoms with Gasteiger partial charge < -0.3 is 0 Å². The molecule has 172 valence electrons. The summed E-state index contributed by atoms with van der Waals surface area (Å²) in [5.74, 6) is 0.976. The minimum absolute atomic E-state index is 0.103. The molecule has 0 atom stereocenters. The monoisotopic (exact) mass is 429 g/mol. The standard InChI is InChI=1S/C28H41F2N/c1-2-3-4-5-6-7-21-8-10-22(11-9-21)12-13-23-14-16-24(17-15-23)26-19-18-25(20-31)27(29)28(26)30/h18-19,21-24H,2-17H2,1H3/t21-,22-,23-,24-. The maximum absolute atomic E-state index is 14.4. The van der Waals surface area contributed by atoms with Crippen molar-refractivity contribution >= 4 is 0 Å². The minimum atomic E-state index is -0.973. The Balaban J connectivity index is 1.33. The van der Waals surface area contributed by atoms with E-state index in [1.54, 1.807) is 12.1 Å². The summed E-state index contributed by atoms with van der Waals surface area (Å²) in [7, 11) is 0. The maximum Gasteiger partial charge on any atom is 0.176 e. The van der Waals surface area contributed by atoms with Crippen LogP contribution in [0.4, 0.5) is 8.78 Å². The first-order valence-electron chi connectivity index (χ1n) is 13.0. The predicted octanol–water partition coefficient (Wildman–Crippen LogP) is 9.06. The molecule has 0 aromatic heterocycles. The third-order valence-corrected chi connectivity index (χ3v) is 8.18. The van der Waals surface area contributed by atoms with Gasteiger partial charge in [0.15, 0.2) is 11.6 Å². The van der Waals surface area contributed by atoms with Gasteiger partial charge in [0.05, 0.1) is 5.56 Å². The second-order valence-corrected chi connectivity index (χ2v) is 10.3. The number of benzene rings is 1. The molecule has 0 unspecified atom stereocenters. The molecule has 2 aliphatic carbocycles. The molecule has 0 heterocycles. The Kier molecular flexibility index (Phi) is 9.82. The third-order valence-electron chi connectivity index (χ3n) is 8.18. The Morgan fingerprint density at radius 1 is 0.742 bits per heavy atom. The van der Waals surface area contributed by atoms with E-state index in [-0.39, 0.29) is 11.5 Å². The van der Waals surface area contributed by atoms with Crippen molar-refractivity contribution in [1.82, 2.24) is 0 Å². The fourth-order valence-corrected chi connectivity index (χ4v) is 6.04. The highest BCUT2D eigenvalue weighted by molar-refractivity contribution is 5.36. The topological polar surface area (TPSA) is 23.8 Å². The van der Waals surface area contributed by atoms with E-state index in [1.165, 1.54) is 83.1 Å². The molecular formula is C28H41F2N. The molecule has 1 nitrogen and oxygen atoms in total. The van der Waals surface area contributed by atoms with Gasteiger partial charge in [0.1, 0.15) is 6.07 Å². The smallest absolute Gasteiger partial charge is 0.176 e. The summed E-state index contributed by atoms with van der Waals surface area (Å²) in [5, 5.41) is 8.87. The van der Waals surface area contributed by atoms with E-state index in [4.69, 9.17) is 5.26 Å². The summed E-state index contributed by atoms with van der Waals surface area (Å²) < 4.78 is 28.3. The van der Waals surface area contributed by atoms with Gasteiger partial charge in [-0.05, 0) is 61.0 Å². The Hall–Kier alpha value is -1.43. The van der Waals surface area contributed by atoms with Gasteiger partial charge in [-0.1, -0.05) is 90.0 Å². The van der Waals surface area contributed by atoms with Gasteiger partial charge in [0.25, 0.3) is 0 Å². The molecule has 31 heavy (non-hydrogen) atoms. The highest BCUT2D eigenvalue weighted by Crippen LogP contribution is 2.41. The van der Waals surface area contributed by atoms with Crippen molar-refractivity contribution in [2.45, 2.75) is 116 Å². The zero-order valence-electron chi connectivity index (χ0n) is 19.5. The van der Waals surface area contributed by atoms with Crippen molar-refractivity contribution in [3.63, 3.8) is 0 Å². The van der Waals surface area contributed by atoms with Crippen molar-refractivity contribution < 1.29 is 8.78 Å². The number of unbranched alkanes of at least 4 members (excludes halogenated alkanes) is 4. The van der Waals surface area contributed by atoms with Crippen molar-refractivity contribution in [3.05, 3.63) is 34.9 Å². The Morgan fingerprint density at radius 2 is 1.29 bits per heavy atom. The quantitative estimate of drug-likeness (QED) is 0.340. The van der Waals surface area contributed by atoms with Crippen molar-refractivity contribution in [3.8, 4) is 6.07 Å². The SMILES string of the molecule is CCCCCCC[C@H]1CC[C@H](CC[C@H]2CC[C@H](c3ccc(C#N)c(F)c3F)CC2)CC1. The van der Waals surface area contributed by atoms with Crippen LogP contribution in [-0.2, 0) is 0 Å². The zero-order chi connectivity index (χ0) is 22.1. The summed E-state index contributed by atoms with van der Waals surface area (Å²) >= 11 is 0. The van der Waals surface area contributed by atoms with Crippen LogP contribution in [0.3, 0.4) is 0 Å². The van der Waals surface area contributed by atoms with Crippen LogP contribution in [0.1, 0.15) is 127 Å². The summed E-state index contributed by atoms with van der Waals surface area (Å²) in [6, 6.07) is 4.79. The first-order valence-corrected chi connectivity index (χ1v) is 13.0. The van der Waals surface area contributed by atoms with Crippen LogP contribution in [-0.4, -0.2) is 0 Å². The van der Waals surface area contributed by atoms with Crippen molar-refractivity contribution in [1.29, 1.82) is 5.26 Å². The average molecular weight is 430 g/mol. The molecular weight excluding hydrogens is 388 g/mol. The molecule has 1 aromatic carbocycles. The number of nitrogens with zero attached hydrogens (tertiary/aromatic N) is 1. The lowest BCUT2D eigenvalue weighted by Crippen LogP contribution is -2.18. The van der Waals surface area contributed by atoms with Crippen LogP contribution in [0.15, 0.2) is 12.1 Å². The summed E-state index contributed by atoms with van der Waals surface area (Å²) in [5.41, 5.74) is 0.282. The van der Waals surface area contributed by atoms with E-state index in [9.17, 15) is 8.78 Å². The first kappa shape index (κ1) is 24.2. The second-order valence-electron chi connectivity index (χ2n) is 10.3. The van der Waals surface area contributed by atoms with Gasteiger partial charge in [-0.15, -0.1) is 0 Å². The van der Waals surface area contributed by atoms with E-state index < -0.39 is 11.6 Å². The van der Waals surface area contributed by atoms with Gasteiger partial charge in [-0.3, -0.25) is 0 Å². The van der Waals surface area contributed by atoms with Crippen LogP contribution in [0.25, 0.3) is 0 Å². The van der Waals surface area contributed by atoms with Gasteiger partial charge in [0.2, 0.25) is 0 Å². The van der Waals surface area contributed by atoms with Crippen LogP contribution in [0.5, 0.6) is 0 Å². The fraction of sp³-hybridized carbons (Fsp3) is 0.750. The molecule has 2 fully saturated rings. The number of hydrogen-bond acceptors (Lipinski definition) is 1. The summed E-state index contributed by atoms with van der Waals surface area (Å²) in [4.78, 5) is 0. The third kappa shape index (κ3) is 7.03. The van der Waals surface area contributed by atoms with Crippen LogP contribution >= 0.6 is 0 Å². The molecule has 1 aromatic rings. The highest BCUT2D eigenvalue weighted by Gasteiger charge is 2.27. The lowest BCUT2D eigenvalue weighted by molar-refractivity contribution is 0.221. The maximum atomic E-state index is 14.4. The zero-order valence-corrected chi connectivity index (χ0v) is 19.5. The average Bonchev–Trinajstić information content (AvgIpc) is 2.80. The van der Waals surface area contributed by atoms with E-state index in [2.05, 4.69) is 6.92 Å². The number of rotatable bonds is 10. The molecule has 0 amide bonds. The molecule has 0 saturated heterocycles. The minimum Gasteiger partial charge on any atom is -0.203 e. The van der Waals surface area contributed by atoms with Gasteiger partial charge in [0, 0.05) is 0 Å². The molecule has 0 aliphatic heterocycles. The molecule has 2 saturated carbocycles. The molecule has 3 rings (SSSR count). The first-order chi connectivity index (χ1) is 15.1. The summed E-state index contributed by atoms with van der Waals surface area (Å²) in [6.45, 7) is 2.28. The number of hydrogen-bond donors (Lipinski definition) is 0. The van der Waals surface area contributed by atoms with E-state index in [0.29, 0.717) is 5.56 Å². The Morgan fingerprint density at radius 3 is 1.87 bits per heavy atom. The number of halogens is 2. The normalized spacial score (nSPS) is 26.5. The van der Waals surface area contributed by atoms with E-state index in [1.807, 2.05) is 0 Å². The molecule has 0 bridgehead atoms. The highest BCUT2D eigenvalue weighted by atomic mass is 19.2. The van der Waals surface area contributed by atoms with Gasteiger partial charge in [-0.2, -0.15) is 5.26 Å². The number of nitriles is 1. The summed E-state index contributed by atoms with van der Waals surface area (Å²) in [6.07, 6.45) is 21.0. The van der Waals surface area contributed by atoms with Crippen LogP contribution in [0.2, 0.25) is 0 Å².